The first-order valence-electron chi connectivity index (χ1n) is 8.79. The van der Waals surface area contributed by atoms with Crippen LogP contribution in [0.15, 0.2) is 18.2 Å². The minimum Gasteiger partial charge on any atom is -0.480 e. The average Bonchev–Trinajstić information content (AvgIpc) is 2.86. The molecule has 0 aromatic heterocycles. The highest BCUT2D eigenvalue weighted by atomic mass is 32.2. The molecule has 0 atom stereocenters. The third-order valence-electron chi connectivity index (χ3n) is 4.53. The third kappa shape index (κ3) is 4.66. The fourth-order valence-electron chi connectivity index (χ4n) is 3.19. The summed E-state index contributed by atoms with van der Waals surface area (Å²) in [7, 11) is -3.63. The van der Waals surface area contributed by atoms with Gasteiger partial charge in [-0.2, -0.15) is 0 Å². The fourth-order valence-corrected chi connectivity index (χ4v) is 4.29. The van der Waals surface area contributed by atoms with Gasteiger partial charge in [0.25, 0.3) is 11.7 Å². The zero-order chi connectivity index (χ0) is 20.3. The van der Waals surface area contributed by atoms with E-state index in [9.17, 15) is 22.8 Å². The third-order valence-corrected chi connectivity index (χ3v) is 5.90. The van der Waals surface area contributed by atoms with Gasteiger partial charge in [0.15, 0.2) is 0 Å². The number of aliphatic carboxylic acids is 1. The Bertz CT molecular complexity index is 894. The number of Topliss-reactive ketones (excluding diaryl/α,β-unsaturated/α-hetero) is 1. The van der Waals surface area contributed by atoms with E-state index in [1.807, 2.05) is 0 Å². The van der Waals surface area contributed by atoms with Crippen LogP contribution in [0.4, 0.5) is 11.4 Å². The van der Waals surface area contributed by atoms with Crippen molar-refractivity contribution in [2.75, 3.05) is 54.8 Å². The molecule has 0 aliphatic carbocycles. The molecule has 2 heterocycles. The lowest BCUT2D eigenvalue weighted by atomic mass is 10.1. The monoisotopic (exact) mass is 411 g/mol. The summed E-state index contributed by atoms with van der Waals surface area (Å²) in [6.45, 7) is 2.86. The standard InChI is InChI=1S/C17H21N3O7S/c21-15(22)11-20-14-3-2-12(10-13(14)16(23)17(20)24)18-28(25,26)9-1-4-19-5-7-27-8-6-19/h2-3,10,18H,1,4-9,11H2,(H,21,22). The van der Waals surface area contributed by atoms with Crippen molar-refractivity contribution >= 4 is 39.1 Å². The number of carboxylic acid groups (broad SMARTS) is 1. The van der Waals surface area contributed by atoms with Gasteiger partial charge in [-0.25, -0.2) is 8.42 Å². The molecule has 10 nitrogen and oxygen atoms in total. The Hall–Kier alpha value is -2.50. The summed E-state index contributed by atoms with van der Waals surface area (Å²) in [6, 6.07) is 4.03. The number of morpholine rings is 1. The van der Waals surface area contributed by atoms with Crippen molar-refractivity contribution in [3.8, 4) is 0 Å². The number of nitrogens with one attached hydrogen (secondary N) is 1. The quantitative estimate of drug-likeness (QED) is 0.560. The first-order chi connectivity index (χ1) is 13.3. The van der Waals surface area contributed by atoms with Crippen LogP contribution >= 0.6 is 0 Å². The number of ether oxygens (including phenoxy) is 1. The molecular weight excluding hydrogens is 390 g/mol. The number of sulfonamides is 1. The number of ketones is 1. The van der Waals surface area contributed by atoms with Crippen LogP contribution in [0.1, 0.15) is 16.8 Å². The van der Waals surface area contributed by atoms with E-state index in [0.29, 0.717) is 26.2 Å². The first kappa shape index (κ1) is 20.2. The predicted octanol–water partition coefficient (Wildman–Crippen LogP) is -0.235. The molecular formula is C17H21N3O7S. The summed E-state index contributed by atoms with van der Waals surface area (Å²) in [5.74, 6) is -3.13. The van der Waals surface area contributed by atoms with Crippen LogP contribution in [0.2, 0.25) is 0 Å². The van der Waals surface area contributed by atoms with E-state index >= 15 is 0 Å². The van der Waals surface area contributed by atoms with Crippen LogP contribution in [-0.4, -0.2) is 81.2 Å². The lowest BCUT2D eigenvalue weighted by molar-refractivity contribution is -0.136. The predicted molar refractivity (Wildman–Crippen MR) is 100 cm³/mol. The number of fused-ring (bicyclic) bond motifs is 1. The van der Waals surface area contributed by atoms with Crippen LogP contribution in [0.5, 0.6) is 0 Å². The molecule has 1 aromatic carbocycles. The largest absolute Gasteiger partial charge is 0.480 e. The van der Waals surface area contributed by atoms with Gasteiger partial charge in [-0.1, -0.05) is 0 Å². The molecule has 2 N–H and O–H groups in total. The molecule has 0 saturated carbocycles. The molecule has 152 valence electrons. The number of carbonyl (C=O) groups is 3. The van der Waals surface area contributed by atoms with Gasteiger partial charge in [-0.05, 0) is 31.2 Å². The van der Waals surface area contributed by atoms with E-state index in [1.54, 1.807) is 0 Å². The molecule has 1 saturated heterocycles. The number of amides is 1. The highest BCUT2D eigenvalue weighted by Crippen LogP contribution is 2.31. The SMILES string of the molecule is O=C(O)CN1C(=O)C(=O)c2cc(NS(=O)(=O)CCCN3CCOCC3)ccc21. The summed E-state index contributed by atoms with van der Waals surface area (Å²) in [5, 5.41) is 8.88. The molecule has 11 heteroatoms. The maximum Gasteiger partial charge on any atom is 0.323 e. The number of rotatable bonds is 8. The first-order valence-corrected chi connectivity index (χ1v) is 10.4. The molecule has 2 aliphatic rings. The average molecular weight is 411 g/mol. The number of carbonyl (C=O) groups excluding carboxylic acids is 2. The van der Waals surface area contributed by atoms with E-state index in [-0.39, 0.29) is 22.7 Å². The summed E-state index contributed by atoms with van der Waals surface area (Å²) < 4.78 is 32.3. The number of hydrogen-bond acceptors (Lipinski definition) is 7. The lowest BCUT2D eigenvalue weighted by Gasteiger charge is -2.26. The van der Waals surface area contributed by atoms with Gasteiger partial charge < -0.3 is 9.84 Å². The fraction of sp³-hybridized carbons (Fsp3) is 0.471. The van der Waals surface area contributed by atoms with Gasteiger partial charge in [0.05, 0.1) is 30.2 Å². The molecule has 2 aliphatic heterocycles. The van der Waals surface area contributed by atoms with Gasteiger partial charge in [0.1, 0.15) is 6.54 Å². The van der Waals surface area contributed by atoms with Crippen molar-refractivity contribution in [3.05, 3.63) is 23.8 Å². The number of carboxylic acids is 1. The zero-order valence-electron chi connectivity index (χ0n) is 15.1. The minimum absolute atomic E-state index is 0.0141. The maximum atomic E-state index is 12.3. The van der Waals surface area contributed by atoms with Crippen molar-refractivity contribution in [1.82, 2.24) is 4.90 Å². The molecule has 0 bridgehead atoms. The van der Waals surface area contributed by atoms with Gasteiger partial charge in [0.2, 0.25) is 10.0 Å². The number of hydrogen-bond donors (Lipinski definition) is 2. The van der Waals surface area contributed by atoms with E-state index in [1.165, 1.54) is 18.2 Å². The second-order valence-corrected chi connectivity index (χ2v) is 8.42. The second kappa shape index (κ2) is 8.25. The van der Waals surface area contributed by atoms with E-state index in [2.05, 4.69) is 9.62 Å². The Morgan fingerprint density at radius 2 is 1.93 bits per heavy atom. The highest BCUT2D eigenvalue weighted by molar-refractivity contribution is 7.92. The zero-order valence-corrected chi connectivity index (χ0v) is 15.9. The van der Waals surface area contributed by atoms with Crippen LogP contribution in [0, 0.1) is 0 Å². The molecule has 1 fully saturated rings. The summed E-state index contributed by atoms with van der Waals surface area (Å²) in [5.41, 5.74) is 0.302. The van der Waals surface area contributed by atoms with Crippen LogP contribution < -0.4 is 9.62 Å². The van der Waals surface area contributed by atoms with Crippen LogP contribution in [0.25, 0.3) is 0 Å². The summed E-state index contributed by atoms with van der Waals surface area (Å²) in [6.07, 6.45) is 0.448. The molecule has 28 heavy (non-hydrogen) atoms. The lowest BCUT2D eigenvalue weighted by Crippen LogP contribution is -2.37. The molecule has 0 spiro atoms. The van der Waals surface area contributed by atoms with Crippen molar-refractivity contribution in [3.63, 3.8) is 0 Å². The van der Waals surface area contributed by atoms with Crippen molar-refractivity contribution in [1.29, 1.82) is 0 Å². The van der Waals surface area contributed by atoms with Crippen LogP contribution in [0.3, 0.4) is 0 Å². The van der Waals surface area contributed by atoms with E-state index < -0.39 is 34.2 Å². The smallest absolute Gasteiger partial charge is 0.323 e. The Morgan fingerprint density at radius 3 is 2.61 bits per heavy atom. The minimum atomic E-state index is -3.63. The maximum absolute atomic E-state index is 12.3. The number of benzene rings is 1. The summed E-state index contributed by atoms with van der Waals surface area (Å²) in [4.78, 5) is 37.9. The Morgan fingerprint density at radius 1 is 1.21 bits per heavy atom. The van der Waals surface area contributed by atoms with Crippen molar-refractivity contribution in [2.45, 2.75) is 6.42 Å². The second-order valence-electron chi connectivity index (χ2n) is 6.57. The van der Waals surface area contributed by atoms with Crippen LogP contribution in [-0.2, 0) is 24.3 Å². The van der Waals surface area contributed by atoms with Crippen molar-refractivity contribution < 1.29 is 32.6 Å². The number of anilines is 2. The van der Waals surface area contributed by atoms with Crippen molar-refractivity contribution in [2.24, 2.45) is 0 Å². The van der Waals surface area contributed by atoms with E-state index in [4.69, 9.17) is 9.84 Å². The molecule has 0 radical (unpaired) electrons. The normalized spacial score (nSPS) is 17.6. The topological polar surface area (TPSA) is 133 Å². The molecule has 1 aromatic rings. The van der Waals surface area contributed by atoms with Gasteiger partial charge in [-0.15, -0.1) is 0 Å². The Balaban J connectivity index is 1.64. The molecule has 3 rings (SSSR count). The molecule has 0 unspecified atom stereocenters. The molecule has 1 amide bonds. The van der Waals surface area contributed by atoms with E-state index in [0.717, 1.165) is 18.0 Å². The van der Waals surface area contributed by atoms with Gasteiger partial charge in [-0.3, -0.25) is 28.9 Å². The summed E-state index contributed by atoms with van der Waals surface area (Å²) >= 11 is 0. The van der Waals surface area contributed by atoms with Gasteiger partial charge >= 0.3 is 5.97 Å². The van der Waals surface area contributed by atoms with Gasteiger partial charge in [0, 0.05) is 18.8 Å². The Labute approximate surface area is 162 Å². The highest BCUT2D eigenvalue weighted by Gasteiger charge is 2.37. The number of nitrogens with zero attached hydrogens (tertiary/aromatic N) is 2. The Kier molecular flexibility index (Phi) is 5.96.